The Morgan fingerprint density at radius 2 is 1.03 bits per heavy atom. The van der Waals surface area contributed by atoms with Crippen LogP contribution >= 0.6 is 0 Å². The van der Waals surface area contributed by atoms with Crippen LogP contribution in [0.25, 0.3) is 11.1 Å². The van der Waals surface area contributed by atoms with E-state index in [2.05, 4.69) is 24.3 Å². The van der Waals surface area contributed by atoms with Gasteiger partial charge in [0, 0.05) is 12.2 Å². The molecule has 164 valence electrons. The van der Waals surface area contributed by atoms with Crippen LogP contribution in [0.15, 0.2) is 60.7 Å². The number of hydrogen-bond acceptors (Lipinski definition) is 4. The van der Waals surface area contributed by atoms with Gasteiger partial charge in [-0.05, 0) is 80.4 Å². The van der Waals surface area contributed by atoms with Crippen molar-refractivity contribution in [1.82, 2.24) is 0 Å². The van der Waals surface area contributed by atoms with Crippen molar-refractivity contribution in [2.24, 2.45) is 0 Å². The topological polar surface area (TPSA) is 52.6 Å². The minimum Gasteiger partial charge on any atom is -0.463 e. The van der Waals surface area contributed by atoms with Gasteiger partial charge in [-0.25, -0.2) is 9.59 Å². The molecule has 0 spiro atoms. The molecule has 0 bridgehead atoms. The molecule has 0 amide bonds. The highest BCUT2D eigenvalue weighted by molar-refractivity contribution is 5.91. The van der Waals surface area contributed by atoms with Crippen molar-refractivity contribution < 1.29 is 19.1 Å². The van der Waals surface area contributed by atoms with E-state index >= 15 is 0 Å². The molecule has 0 atom stereocenters. The van der Waals surface area contributed by atoms with E-state index in [0.717, 1.165) is 41.5 Å². The molecule has 0 radical (unpaired) electrons. The van der Waals surface area contributed by atoms with Gasteiger partial charge >= 0.3 is 11.9 Å². The molecule has 31 heavy (non-hydrogen) atoms. The van der Waals surface area contributed by atoms with Crippen LogP contribution in [0, 0.1) is 0 Å². The summed E-state index contributed by atoms with van der Waals surface area (Å²) in [4.78, 5) is 23.2. The average molecular weight is 421 g/mol. The Morgan fingerprint density at radius 3 is 1.35 bits per heavy atom. The van der Waals surface area contributed by atoms with Crippen LogP contribution in [0.2, 0.25) is 0 Å². The first-order chi connectivity index (χ1) is 14.9. The molecular formula is C27H32O4. The van der Waals surface area contributed by atoms with Gasteiger partial charge in [-0.2, -0.15) is 0 Å². The number of carbonyl (C=O) groups excluding carboxylic acids is 2. The van der Waals surface area contributed by atoms with Crippen molar-refractivity contribution in [1.29, 1.82) is 0 Å². The van der Waals surface area contributed by atoms with Crippen LogP contribution in [0.1, 0.15) is 56.4 Å². The molecule has 0 fully saturated rings. The molecule has 4 heteroatoms. The molecule has 4 nitrogen and oxygen atoms in total. The number of ether oxygens (including phenoxy) is 2. The molecule has 0 saturated carbocycles. The Balaban J connectivity index is 1.86. The van der Waals surface area contributed by atoms with E-state index in [-0.39, 0.29) is 11.9 Å². The maximum Gasteiger partial charge on any atom is 0.331 e. The normalized spacial score (nSPS) is 11.9. The summed E-state index contributed by atoms with van der Waals surface area (Å²) in [6, 6.07) is 16.7. The molecular weight excluding hydrogens is 388 g/mol. The number of rotatable bonds is 10. The first-order valence-electron chi connectivity index (χ1n) is 10.8. The van der Waals surface area contributed by atoms with Crippen LogP contribution in [-0.2, 0) is 31.9 Å². The molecule has 0 aromatic heterocycles. The summed E-state index contributed by atoms with van der Waals surface area (Å²) in [6.45, 7) is 8.20. The Bertz CT molecular complexity index is 841. The molecule has 0 saturated heterocycles. The molecule has 0 N–H and O–H groups in total. The van der Waals surface area contributed by atoms with Crippen LogP contribution in [-0.4, -0.2) is 25.2 Å². The van der Waals surface area contributed by atoms with Crippen molar-refractivity contribution in [2.75, 3.05) is 13.2 Å². The summed E-state index contributed by atoms with van der Waals surface area (Å²) in [5.41, 5.74) is 6.40. The van der Waals surface area contributed by atoms with Crippen molar-refractivity contribution in [3.63, 3.8) is 0 Å². The van der Waals surface area contributed by atoms with Gasteiger partial charge in [-0.15, -0.1) is 0 Å². The zero-order valence-corrected chi connectivity index (χ0v) is 18.9. The highest BCUT2D eigenvalue weighted by atomic mass is 16.5. The van der Waals surface area contributed by atoms with Gasteiger partial charge in [0.2, 0.25) is 0 Å². The first kappa shape index (κ1) is 24.1. The van der Waals surface area contributed by atoms with Crippen LogP contribution in [0.4, 0.5) is 0 Å². The van der Waals surface area contributed by atoms with Gasteiger partial charge in [-0.3, -0.25) is 0 Å². The number of allylic oxidation sites excluding steroid dienone is 2. The molecule has 0 heterocycles. The summed E-state index contributed by atoms with van der Waals surface area (Å²) in [5, 5.41) is 0. The summed E-state index contributed by atoms with van der Waals surface area (Å²) in [6.07, 6.45) is 6.10. The fraction of sp³-hybridized carbons (Fsp3) is 0.333. The number of carbonyl (C=O) groups is 2. The third-order valence-corrected chi connectivity index (χ3v) is 4.99. The Kier molecular flexibility index (Phi) is 9.76. The molecule has 2 rings (SSSR count). The fourth-order valence-corrected chi connectivity index (χ4v) is 3.25. The summed E-state index contributed by atoms with van der Waals surface area (Å²) < 4.78 is 9.92. The lowest BCUT2D eigenvalue weighted by Crippen LogP contribution is -2.00. The van der Waals surface area contributed by atoms with Gasteiger partial charge in [0.25, 0.3) is 0 Å². The van der Waals surface area contributed by atoms with Gasteiger partial charge < -0.3 is 9.47 Å². The van der Waals surface area contributed by atoms with Crippen molar-refractivity contribution in [3.05, 3.63) is 82.9 Å². The smallest absolute Gasteiger partial charge is 0.331 e. The zero-order valence-electron chi connectivity index (χ0n) is 18.9. The quantitative estimate of drug-likeness (QED) is 0.360. The standard InChI is InChI=1S/C27H32O4/c1-5-30-26(28)18-20(3)24-14-10-22(11-15-24)8-7-9-23-12-16-25(17-13-23)21(4)19-27(29)31-6-2/h10-19H,5-9H2,1-4H3. The van der Waals surface area contributed by atoms with Gasteiger partial charge in [0.1, 0.15) is 0 Å². The number of benzene rings is 2. The lowest BCUT2D eigenvalue weighted by molar-refractivity contribution is -0.138. The minimum atomic E-state index is -0.304. The zero-order chi connectivity index (χ0) is 22.6. The number of hydrogen-bond donors (Lipinski definition) is 0. The van der Waals surface area contributed by atoms with Crippen molar-refractivity contribution in [2.45, 2.75) is 47.0 Å². The highest BCUT2D eigenvalue weighted by Gasteiger charge is 2.04. The molecule has 2 aromatic carbocycles. The van der Waals surface area contributed by atoms with Crippen LogP contribution in [0.5, 0.6) is 0 Å². The highest BCUT2D eigenvalue weighted by Crippen LogP contribution is 2.18. The predicted octanol–water partition coefficient (Wildman–Crippen LogP) is 5.79. The third kappa shape index (κ3) is 8.25. The summed E-state index contributed by atoms with van der Waals surface area (Å²) in [5.74, 6) is -0.608. The van der Waals surface area contributed by atoms with Crippen LogP contribution < -0.4 is 0 Å². The van der Waals surface area contributed by atoms with E-state index in [4.69, 9.17) is 9.47 Å². The molecule has 0 unspecified atom stereocenters. The predicted molar refractivity (Wildman–Crippen MR) is 125 cm³/mol. The van der Waals surface area contributed by atoms with E-state index in [1.807, 2.05) is 38.1 Å². The van der Waals surface area contributed by atoms with E-state index in [1.54, 1.807) is 13.8 Å². The molecule has 0 aliphatic carbocycles. The Hall–Kier alpha value is -3.14. The van der Waals surface area contributed by atoms with Crippen molar-refractivity contribution >= 4 is 23.1 Å². The molecule has 0 aliphatic heterocycles. The molecule has 0 aliphatic rings. The monoisotopic (exact) mass is 420 g/mol. The average Bonchev–Trinajstić information content (AvgIpc) is 2.75. The third-order valence-electron chi connectivity index (χ3n) is 4.99. The largest absolute Gasteiger partial charge is 0.463 e. The Morgan fingerprint density at radius 1 is 0.677 bits per heavy atom. The summed E-state index contributed by atoms with van der Waals surface area (Å²) >= 11 is 0. The van der Waals surface area contributed by atoms with E-state index in [0.29, 0.717) is 13.2 Å². The second kappa shape index (κ2) is 12.5. The SMILES string of the molecule is CCOC(=O)C=C(C)c1ccc(CCCc2ccc(C(C)=CC(=O)OCC)cc2)cc1. The van der Waals surface area contributed by atoms with Gasteiger partial charge in [0.05, 0.1) is 13.2 Å². The van der Waals surface area contributed by atoms with Gasteiger partial charge in [0.15, 0.2) is 0 Å². The number of aryl methyl sites for hydroxylation is 2. The second-order valence-electron chi connectivity index (χ2n) is 7.41. The number of esters is 2. The lowest BCUT2D eigenvalue weighted by Gasteiger charge is -2.07. The van der Waals surface area contributed by atoms with Gasteiger partial charge in [-0.1, -0.05) is 48.5 Å². The van der Waals surface area contributed by atoms with E-state index in [1.165, 1.54) is 23.3 Å². The summed E-state index contributed by atoms with van der Waals surface area (Å²) in [7, 11) is 0. The minimum absolute atomic E-state index is 0.304. The maximum atomic E-state index is 11.6. The second-order valence-corrected chi connectivity index (χ2v) is 7.41. The van der Waals surface area contributed by atoms with E-state index in [9.17, 15) is 9.59 Å². The fourth-order valence-electron chi connectivity index (χ4n) is 3.25. The Labute approximate surface area is 185 Å². The van der Waals surface area contributed by atoms with Crippen LogP contribution in [0.3, 0.4) is 0 Å². The maximum absolute atomic E-state index is 11.6. The lowest BCUT2D eigenvalue weighted by atomic mass is 9.99. The van der Waals surface area contributed by atoms with E-state index < -0.39 is 0 Å². The molecule has 2 aromatic rings. The first-order valence-corrected chi connectivity index (χ1v) is 10.8. The van der Waals surface area contributed by atoms with Crippen molar-refractivity contribution in [3.8, 4) is 0 Å².